The zero-order chi connectivity index (χ0) is 14.8. The molecule has 1 aliphatic heterocycles. The maximum atomic E-state index is 11.5. The fraction of sp³-hybridized carbons (Fsp3) is 0.562. The molecule has 1 amide bonds. The van der Waals surface area contributed by atoms with Crippen molar-refractivity contribution in [2.75, 3.05) is 29.1 Å². The van der Waals surface area contributed by atoms with E-state index in [9.17, 15) is 4.79 Å². The van der Waals surface area contributed by atoms with E-state index in [1.807, 2.05) is 6.07 Å². The molecule has 114 valence electrons. The van der Waals surface area contributed by atoms with Crippen molar-refractivity contribution in [3.63, 3.8) is 0 Å². The summed E-state index contributed by atoms with van der Waals surface area (Å²) in [6.07, 6.45) is 5.71. The number of carbonyl (C=O) groups is 1. The Bertz CT molecular complexity index is 541. The molecule has 1 heterocycles. The predicted octanol–water partition coefficient (Wildman–Crippen LogP) is 1.89. The normalized spacial score (nSPS) is 17.9. The highest BCUT2D eigenvalue weighted by atomic mass is 16.3. The minimum atomic E-state index is 0.0609. The zero-order valence-corrected chi connectivity index (χ0v) is 12.3. The van der Waals surface area contributed by atoms with Gasteiger partial charge in [-0.25, -0.2) is 0 Å². The Hall–Kier alpha value is -1.75. The van der Waals surface area contributed by atoms with Crippen molar-refractivity contribution in [3.05, 3.63) is 17.7 Å². The van der Waals surface area contributed by atoms with E-state index in [0.29, 0.717) is 18.2 Å². The minimum Gasteiger partial charge on any atom is -0.397 e. The molecule has 0 radical (unpaired) electrons. The van der Waals surface area contributed by atoms with Crippen LogP contribution in [0.1, 0.15) is 37.7 Å². The minimum absolute atomic E-state index is 0.0609. The van der Waals surface area contributed by atoms with E-state index in [2.05, 4.69) is 16.3 Å². The second-order valence-electron chi connectivity index (χ2n) is 5.97. The molecule has 1 aliphatic carbocycles. The largest absolute Gasteiger partial charge is 0.397 e. The highest BCUT2D eigenvalue weighted by molar-refractivity contribution is 5.95. The van der Waals surface area contributed by atoms with Crippen molar-refractivity contribution in [1.29, 1.82) is 0 Å². The maximum absolute atomic E-state index is 11.5. The molecule has 1 fully saturated rings. The summed E-state index contributed by atoms with van der Waals surface area (Å²) in [6.45, 7) is 1.03. The van der Waals surface area contributed by atoms with Crippen LogP contribution in [0.5, 0.6) is 0 Å². The van der Waals surface area contributed by atoms with Gasteiger partial charge in [-0.15, -0.1) is 0 Å². The molecule has 0 bridgehead atoms. The molecule has 1 aromatic carbocycles. The van der Waals surface area contributed by atoms with Gasteiger partial charge in [0.05, 0.1) is 11.4 Å². The molecule has 1 saturated carbocycles. The third kappa shape index (κ3) is 2.83. The molecule has 0 spiro atoms. The number of nitrogens with zero attached hydrogens (tertiary/aromatic N) is 1. The van der Waals surface area contributed by atoms with Crippen LogP contribution in [0.15, 0.2) is 12.1 Å². The molecule has 0 saturated heterocycles. The summed E-state index contributed by atoms with van der Waals surface area (Å²) in [6, 6.07) is 4.54. The topological polar surface area (TPSA) is 78.6 Å². The first-order valence-corrected chi connectivity index (χ1v) is 7.79. The number of aryl methyl sites for hydroxylation is 1. The lowest BCUT2D eigenvalue weighted by atomic mass is 9.90. The number of carbonyl (C=O) groups excluding carboxylic acids is 1. The van der Waals surface area contributed by atoms with Gasteiger partial charge in [0, 0.05) is 31.3 Å². The summed E-state index contributed by atoms with van der Waals surface area (Å²) in [5.74, 6) is 0.0609. The van der Waals surface area contributed by atoms with Crippen molar-refractivity contribution < 1.29 is 9.90 Å². The van der Waals surface area contributed by atoms with E-state index in [1.165, 1.54) is 19.3 Å². The molecule has 2 aliphatic rings. The van der Waals surface area contributed by atoms with Gasteiger partial charge in [-0.3, -0.25) is 4.79 Å². The van der Waals surface area contributed by atoms with Crippen molar-refractivity contribution >= 4 is 23.0 Å². The summed E-state index contributed by atoms with van der Waals surface area (Å²) in [4.78, 5) is 13.8. The van der Waals surface area contributed by atoms with Gasteiger partial charge >= 0.3 is 0 Å². The molecule has 3 rings (SSSR count). The third-order valence-corrected chi connectivity index (χ3v) is 4.53. The molecule has 0 aromatic heterocycles. The number of fused-ring (bicyclic) bond motifs is 1. The highest BCUT2D eigenvalue weighted by Gasteiger charge is 2.27. The Labute approximate surface area is 125 Å². The number of benzene rings is 1. The summed E-state index contributed by atoms with van der Waals surface area (Å²) >= 11 is 0. The Kier molecular flexibility index (Phi) is 4.01. The van der Waals surface area contributed by atoms with Gasteiger partial charge in [-0.05, 0) is 49.8 Å². The van der Waals surface area contributed by atoms with Crippen LogP contribution in [0.25, 0.3) is 0 Å². The Balaban J connectivity index is 1.89. The number of hydrogen-bond acceptors (Lipinski definition) is 4. The smallest absolute Gasteiger partial charge is 0.224 e. The van der Waals surface area contributed by atoms with E-state index in [0.717, 1.165) is 36.3 Å². The lowest BCUT2D eigenvalue weighted by molar-refractivity contribution is -0.116. The molecule has 0 atom stereocenters. The van der Waals surface area contributed by atoms with Gasteiger partial charge in [0.2, 0.25) is 5.91 Å². The zero-order valence-electron chi connectivity index (χ0n) is 12.3. The summed E-state index contributed by atoms with van der Waals surface area (Å²) < 4.78 is 0. The first kappa shape index (κ1) is 14.2. The molecule has 5 heteroatoms. The second-order valence-corrected chi connectivity index (χ2v) is 5.97. The standard InChI is InChI=1S/C16H23N3O2/c17-13-10-14-11(5-6-16(21)18-14)9-15(13)19(7-2-8-20)12-3-1-4-12/h9-10,12,20H,1-8,17H2,(H,18,21). The number of nitrogens with two attached hydrogens (primary N) is 1. The number of rotatable bonds is 5. The number of hydrogen-bond donors (Lipinski definition) is 3. The Morgan fingerprint density at radius 3 is 2.81 bits per heavy atom. The highest BCUT2D eigenvalue weighted by Crippen LogP contribution is 2.37. The first-order chi connectivity index (χ1) is 10.2. The Morgan fingerprint density at radius 1 is 1.33 bits per heavy atom. The van der Waals surface area contributed by atoms with Crippen LogP contribution < -0.4 is 16.0 Å². The first-order valence-electron chi connectivity index (χ1n) is 7.79. The molecule has 4 N–H and O–H groups in total. The van der Waals surface area contributed by atoms with Crippen LogP contribution in [0.3, 0.4) is 0 Å². The number of aliphatic hydroxyl groups is 1. The quantitative estimate of drug-likeness (QED) is 0.723. The van der Waals surface area contributed by atoms with Crippen molar-refractivity contribution in [1.82, 2.24) is 0 Å². The average molecular weight is 289 g/mol. The maximum Gasteiger partial charge on any atom is 0.224 e. The van der Waals surface area contributed by atoms with Crippen LogP contribution in [0.2, 0.25) is 0 Å². The molecule has 0 unspecified atom stereocenters. The van der Waals surface area contributed by atoms with Gasteiger partial charge in [0.15, 0.2) is 0 Å². The van der Waals surface area contributed by atoms with Gasteiger partial charge in [0.1, 0.15) is 0 Å². The third-order valence-electron chi connectivity index (χ3n) is 4.53. The number of nitrogen functional groups attached to an aromatic ring is 1. The van der Waals surface area contributed by atoms with Crippen LogP contribution in [-0.2, 0) is 11.2 Å². The van der Waals surface area contributed by atoms with Crippen molar-refractivity contribution in [2.45, 2.75) is 44.6 Å². The molecule has 5 nitrogen and oxygen atoms in total. The van der Waals surface area contributed by atoms with Gasteiger partial charge < -0.3 is 21.1 Å². The van der Waals surface area contributed by atoms with Crippen molar-refractivity contribution in [2.24, 2.45) is 0 Å². The molecule has 21 heavy (non-hydrogen) atoms. The monoisotopic (exact) mass is 289 g/mol. The van der Waals surface area contributed by atoms with E-state index < -0.39 is 0 Å². The van der Waals surface area contributed by atoms with Crippen LogP contribution in [-0.4, -0.2) is 30.2 Å². The fourth-order valence-electron chi connectivity index (χ4n) is 3.12. The van der Waals surface area contributed by atoms with E-state index in [4.69, 9.17) is 10.8 Å². The summed E-state index contributed by atoms with van der Waals surface area (Å²) in [5, 5.41) is 12.0. The summed E-state index contributed by atoms with van der Waals surface area (Å²) in [7, 11) is 0. The van der Waals surface area contributed by atoms with Crippen molar-refractivity contribution in [3.8, 4) is 0 Å². The van der Waals surface area contributed by atoms with Crippen LogP contribution >= 0.6 is 0 Å². The SMILES string of the molecule is Nc1cc2c(cc1N(CCCO)C1CCC1)CCC(=O)N2. The molecular formula is C16H23N3O2. The number of nitrogens with one attached hydrogen (secondary N) is 1. The second kappa shape index (κ2) is 5.93. The van der Waals surface area contributed by atoms with E-state index in [-0.39, 0.29) is 12.5 Å². The summed E-state index contributed by atoms with van der Waals surface area (Å²) in [5.41, 5.74) is 10.0. The number of amides is 1. The number of aliphatic hydroxyl groups excluding tert-OH is 1. The number of anilines is 3. The lowest BCUT2D eigenvalue weighted by Crippen LogP contribution is -2.41. The van der Waals surface area contributed by atoms with Gasteiger partial charge in [0.25, 0.3) is 0 Å². The average Bonchev–Trinajstić information content (AvgIpc) is 2.40. The van der Waals surface area contributed by atoms with Crippen LogP contribution in [0.4, 0.5) is 17.1 Å². The molecule has 1 aromatic rings. The lowest BCUT2D eigenvalue weighted by Gasteiger charge is -2.40. The van der Waals surface area contributed by atoms with Crippen LogP contribution in [0, 0.1) is 0 Å². The van der Waals surface area contributed by atoms with E-state index >= 15 is 0 Å². The van der Waals surface area contributed by atoms with Gasteiger partial charge in [-0.1, -0.05) is 0 Å². The van der Waals surface area contributed by atoms with E-state index in [1.54, 1.807) is 0 Å². The Morgan fingerprint density at radius 2 is 2.14 bits per heavy atom. The molecular weight excluding hydrogens is 266 g/mol. The van der Waals surface area contributed by atoms with Gasteiger partial charge in [-0.2, -0.15) is 0 Å². The fourth-order valence-corrected chi connectivity index (χ4v) is 3.12. The predicted molar refractivity (Wildman–Crippen MR) is 84.5 cm³/mol.